The summed E-state index contributed by atoms with van der Waals surface area (Å²) in [6, 6.07) is 6.53. The molecule has 2 aromatic rings. The molecule has 25 heteroatoms. The average molecular weight is 852 g/mol. The smallest absolute Gasteiger partial charge is 0.522 e. The Bertz CT molecular complexity index is 1850. The summed E-state index contributed by atoms with van der Waals surface area (Å²) < 4.78 is 111. The Kier molecular flexibility index (Phi) is 15.8. The maximum Gasteiger partial charge on any atom is 0.522 e. The molecule has 0 spiro atoms. The quantitative estimate of drug-likeness (QED) is 0.102. The number of primary amides is 2. The fraction of sp³-hybridized carbons (Fsp3) is 0.613. The molecule has 2 amide bonds. The first-order chi connectivity index (χ1) is 24.7. The Morgan fingerprint density at radius 1 is 0.857 bits per heavy atom. The lowest BCUT2D eigenvalue weighted by molar-refractivity contribution is -0.766. The molecule has 0 bridgehead atoms. The molecule has 0 saturated carbocycles. The van der Waals surface area contributed by atoms with E-state index in [0.717, 1.165) is 0 Å². The number of fused-ring (bicyclic) bond motifs is 2. The van der Waals surface area contributed by atoms with Gasteiger partial charge in [-0.1, -0.05) is 14.9 Å². The molecule has 7 N–H and O–H groups in total. The number of carbonyl (C=O) groups is 2. The zero-order valence-electron chi connectivity index (χ0n) is 28.8. The molecule has 4 fully saturated rings. The molecule has 4 aliphatic rings. The van der Waals surface area contributed by atoms with E-state index in [2.05, 4.69) is 4.52 Å². The van der Waals surface area contributed by atoms with Crippen LogP contribution in [0.1, 0.15) is 75.7 Å². The summed E-state index contributed by atoms with van der Waals surface area (Å²) >= 11 is 0. The summed E-state index contributed by atoms with van der Waals surface area (Å²) in [6.07, 6.45) is 2.23. The molecular formula is C31H47F3N4O16PS+. The lowest BCUT2D eigenvalue weighted by atomic mass is 10.1. The van der Waals surface area contributed by atoms with Gasteiger partial charge in [-0.2, -0.15) is 30.7 Å². The highest BCUT2D eigenvalue weighted by atomic mass is 32.2. The number of aromatic nitrogens is 2. The van der Waals surface area contributed by atoms with Crippen LogP contribution in [-0.4, -0.2) is 102 Å². The Morgan fingerprint density at radius 2 is 1.21 bits per heavy atom. The number of ether oxygens (including phenoxy) is 6. The molecule has 6 heterocycles. The molecule has 56 heavy (non-hydrogen) atoms. The minimum atomic E-state index is -5.84. The molecule has 0 aliphatic carbocycles. The summed E-state index contributed by atoms with van der Waals surface area (Å²) in [4.78, 5) is 42.3. The second-order valence-electron chi connectivity index (χ2n) is 12.9. The number of nitrogens with zero attached hydrogens (tertiary/aromatic N) is 2. The van der Waals surface area contributed by atoms with Crippen LogP contribution in [0.3, 0.4) is 0 Å². The van der Waals surface area contributed by atoms with Gasteiger partial charge in [0, 0.05) is 12.1 Å². The third-order valence-corrected chi connectivity index (χ3v) is 8.99. The van der Waals surface area contributed by atoms with Gasteiger partial charge in [0.25, 0.3) is 32.1 Å². The van der Waals surface area contributed by atoms with E-state index >= 15 is 0 Å². The van der Waals surface area contributed by atoms with Crippen molar-refractivity contribution in [3.63, 3.8) is 0 Å². The van der Waals surface area contributed by atoms with Crippen molar-refractivity contribution < 1.29 is 97.3 Å². The van der Waals surface area contributed by atoms with Crippen molar-refractivity contribution in [2.75, 3.05) is 13.2 Å². The number of halogens is 3. The standard InChI is InChI=1S/C14H19N2O8P.C14H18N2O5.CHF3O3S.2CH4/c1-14(2)23-10-9(7-21-25(18,19)20)22-13(11(10)24-14)16-5-3-4-8(6-16)12(15)17;1-14(2)20-10-9(7-17)19-13(11(10)21-14)16-5-3-4-8(6-16)12(15)18;2-1(3,4)8(5,6)7;;/h3-6,9-11,13H,7H2,1-2H3,(H3-,15,17,18,19,20);3-6,9-11,13,17H,7H2,1-2H3,(H-,15,18);(H,5,6,7);2*1H4/p+1/t2*9?,10-,11?,13-;;;/m11.../s1. The van der Waals surface area contributed by atoms with Gasteiger partial charge in [-0.05, 0) is 39.8 Å². The Labute approximate surface area is 320 Å². The monoisotopic (exact) mass is 851 g/mol. The molecule has 20 nitrogen and oxygen atoms in total. The number of hydrogen-bond acceptors (Lipinski definition) is 14. The van der Waals surface area contributed by atoms with Crippen LogP contribution < -0.4 is 25.5 Å². The first-order valence-electron chi connectivity index (χ1n) is 15.7. The van der Waals surface area contributed by atoms with E-state index in [9.17, 15) is 37.3 Å². The summed E-state index contributed by atoms with van der Waals surface area (Å²) in [6.45, 7) is 6.49. The second kappa shape index (κ2) is 18.1. The largest absolute Gasteiger partial charge is 0.756 e. The minimum Gasteiger partial charge on any atom is -0.756 e. The predicted octanol–water partition coefficient (Wildman–Crippen LogP) is 0.117. The van der Waals surface area contributed by atoms with Gasteiger partial charge in [0.2, 0.25) is 0 Å². The number of rotatable bonds is 8. The van der Waals surface area contributed by atoms with Gasteiger partial charge in [-0.15, -0.1) is 0 Å². The Hall–Kier alpha value is -3.23. The van der Waals surface area contributed by atoms with Crippen molar-refractivity contribution >= 4 is 29.8 Å². The van der Waals surface area contributed by atoms with Crippen molar-refractivity contribution in [2.24, 2.45) is 11.5 Å². The van der Waals surface area contributed by atoms with Gasteiger partial charge >= 0.3 is 15.6 Å². The first-order valence-corrected chi connectivity index (χ1v) is 18.6. The molecule has 6 rings (SSSR count). The van der Waals surface area contributed by atoms with E-state index in [1.807, 2.05) is 13.8 Å². The highest BCUT2D eigenvalue weighted by Gasteiger charge is 2.60. The summed E-state index contributed by atoms with van der Waals surface area (Å²) in [5.41, 5.74) is 5.71. The van der Waals surface area contributed by atoms with Gasteiger partial charge in [-0.25, -0.2) is 0 Å². The SMILES string of the molecule is C.C.CC1(C)OC2[C@H](O1)C(CO)O[C@H]2[n+]1cccc(C(N)=O)c1.CC1(C)OC2[C@H](O1)C(COP(=O)([O-])O)O[C@H]2[n+]1cccc(C(N)=O)c1.O=S(=O)(O)C(F)(F)F. The third kappa shape index (κ3) is 12.1. The fourth-order valence-corrected chi connectivity index (χ4v) is 6.18. The highest BCUT2D eigenvalue weighted by Crippen LogP contribution is 2.43. The number of phosphoric ester groups is 1. The predicted molar refractivity (Wildman–Crippen MR) is 180 cm³/mol. The number of phosphoric acid groups is 1. The van der Waals surface area contributed by atoms with Gasteiger partial charge in [0.1, 0.15) is 35.5 Å². The van der Waals surface area contributed by atoms with Crippen LogP contribution in [-0.2, 0) is 47.6 Å². The fourth-order valence-electron chi connectivity index (χ4n) is 5.84. The maximum absolute atomic E-state index is 11.4. The molecule has 5 unspecified atom stereocenters. The van der Waals surface area contributed by atoms with Crippen LogP contribution in [0.4, 0.5) is 13.2 Å². The number of aliphatic hydroxyl groups excluding tert-OH is 1. The molecule has 0 radical (unpaired) electrons. The van der Waals surface area contributed by atoms with Crippen molar-refractivity contribution in [1.29, 1.82) is 0 Å². The van der Waals surface area contributed by atoms with Crippen LogP contribution in [0, 0.1) is 0 Å². The maximum atomic E-state index is 11.4. The lowest BCUT2D eigenvalue weighted by Crippen LogP contribution is -2.46. The van der Waals surface area contributed by atoms with Crippen molar-refractivity contribution in [3.05, 3.63) is 60.2 Å². The lowest BCUT2D eigenvalue weighted by Gasteiger charge is -2.24. The highest BCUT2D eigenvalue weighted by molar-refractivity contribution is 7.86. The Morgan fingerprint density at radius 3 is 1.55 bits per heavy atom. The van der Waals surface area contributed by atoms with Gasteiger partial charge in [-0.3, -0.25) is 18.7 Å². The summed E-state index contributed by atoms with van der Waals surface area (Å²) in [7, 11) is -10.7. The van der Waals surface area contributed by atoms with Gasteiger partial charge < -0.3 is 59.3 Å². The van der Waals surface area contributed by atoms with E-state index in [-0.39, 0.29) is 39.2 Å². The van der Waals surface area contributed by atoms with Crippen LogP contribution in [0.5, 0.6) is 0 Å². The van der Waals surface area contributed by atoms with Crippen molar-refractivity contribution in [2.45, 2.75) is 109 Å². The van der Waals surface area contributed by atoms with E-state index < -0.39 is 90.3 Å². The number of nitrogens with two attached hydrogens (primary N) is 2. The van der Waals surface area contributed by atoms with Crippen LogP contribution >= 0.6 is 7.82 Å². The number of carbonyl (C=O) groups excluding carboxylic acids is 2. The van der Waals surface area contributed by atoms with Crippen LogP contribution in [0.2, 0.25) is 0 Å². The van der Waals surface area contributed by atoms with Gasteiger partial charge in [0.15, 0.2) is 48.6 Å². The summed E-state index contributed by atoms with van der Waals surface area (Å²) in [5.74, 6) is -2.74. The molecule has 4 aliphatic heterocycles. The zero-order chi connectivity index (χ0) is 40.6. The topological polar surface area (TPSA) is 294 Å². The molecular weight excluding hydrogens is 804 g/mol. The van der Waals surface area contributed by atoms with Crippen LogP contribution in [0.15, 0.2) is 49.1 Å². The molecule has 318 valence electrons. The number of pyridine rings is 2. The van der Waals surface area contributed by atoms with Crippen molar-refractivity contribution in [1.82, 2.24) is 0 Å². The number of alkyl halides is 3. The number of hydrogen-bond donors (Lipinski definition) is 5. The first kappa shape index (κ1) is 48.9. The molecule has 9 atom stereocenters. The van der Waals surface area contributed by atoms with E-state index in [1.54, 1.807) is 65.8 Å². The Balaban J connectivity index is 0.000000318. The molecule has 2 aromatic heterocycles. The van der Waals surface area contributed by atoms with Crippen molar-refractivity contribution in [3.8, 4) is 0 Å². The van der Waals surface area contributed by atoms with Gasteiger partial charge in [0.05, 0.1) is 13.2 Å². The average Bonchev–Trinajstić information content (AvgIpc) is 3.75. The molecule has 4 saturated heterocycles. The van der Waals surface area contributed by atoms with E-state index in [4.69, 9.17) is 57.8 Å². The zero-order valence-corrected chi connectivity index (χ0v) is 30.6. The minimum absolute atomic E-state index is 0. The van der Waals surface area contributed by atoms with E-state index in [1.165, 1.54) is 6.20 Å². The molecule has 0 aromatic carbocycles. The summed E-state index contributed by atoms with van der Waals surface area (Å²) in [5, 5.41) is 9.45. The normalized spacial score (nSPS) is 29.4. The third-order valence-electron chi connectivity index (χ3n) is 7.93. The number of amides is 2. The number of aliphatic hydroxyl groups is 1. The van der Waals surface area contributed by atoms with E-state index in [0.29, 0.717) is 5.56 Å². The second-order valence-corrected chi connectivity index (χ2v) is 15.5. The van der Waals surface area contributed by atoms with Crippen LogP contribution in [0.25, 0.3) is 0 Å².